The van der Waals surface area contributed by atoms with E-state index in [1.165, 1.54) is 11.3 Å². The third-order valence-electron chi connectivity index (χ3n) is 4.69. The van der Waals surface area contributed by atoms with Crippen molar-refractivity contribution in [1.29, 1.82) is 0 Å². The Balaban J connectivity index is 1.42. The number of sulfonamides is 1. The molecule has 138 valence electrons. The van der Waals surface area contributed by atoms with Crippen molar-refractivity contribution in [3.8, 4) is 0 Å². The van der Waals surface area contributed by atoms with Gasteiger partial charge in [-0.2, -0.15) is 0 Å². The number of fused-ring (bicyclic) bond motifs is 1. The Bertz CT molecular complexity index is 1020. The number of aromatic nitrogens is 1. The standard InChI is InChI=1S/C21H21N3O2S/c25-27(26,15-13-17-6-2-1-3-7-17)23-19-10-11-21(22-16-19)24-14-12-18-8-4-5-9-20(18)24/h1-11,16,23H,12-15H2. The van der Waals surface area contributed by atoms with Crippen LogP contribution >= 0.6 is 0 Å². The van der Waals surface area contributed by atoms with Gasteiger partial charge >= 0.3 is 0 Å². The summed E-state index contributed by atoms with van der Waals surface area (Å²) in [5.41, 5.74) is 3.97. The summed E-state index contributed by atoms with van der Waals surface area (Å²) in [5, 5.41) is 0. The Labute approximate surface area is 159 Å². The minimum atomic E-state index is -3.42. The summed E-state index contributed by atoms with van der Waals surface area (Å²) >= 11 is 0. The molecule has 1 aliphatic heterocycles. The quantitative estimate of drug-likeness (QED) is 0.708. The molecule has 1 N–H and O–H groups in total. The van der Waals surface area contributed by atoms with Gasteiger partial charge in [0, 0.05) is 12.2 Å². The van der Waals surface area contributed by atoms with Crippen molar-refractivity contribution in [2.75, 3.05) is 21.9 Å². The second-order valence-corrected chi connectivity index (χ2v) is 8.43. The molecule has 0 saturated carbocycles. The zero-order valence-corrected chi connectivity index (χ0v) is 15.7. The summed E-state index contributed by atoms with van der Waals surface area (Å²) < 4.78 is 27.3. The maximum Gasteiger partial charge on any atom is 0.233 e. The molecular formula is C21H21N3O2S. The summed E-state index contributed by atoms with van der Waals surface area (Å²) in [6.45, 7) is 0.883. The van der Waals surface area contributed by atoms with Gasteiger partial charge in [-0.05, 0) is 42.2 Å². The van der Waals surface area contributed by atoms with Crippen molar-refractivity contribution in [3.05, 3.63) is 84.1 Å². The molecule has 27 heavy (non-hydrogen) atoms. The van der Waals surface area contributed by atoms with Gasteiger partial charge in [-0.1, -0.05) is 48.5 Å². The fourth-order valence-electron chi connectivity index (χ4n) is 3.31. The SMILES string of the molecule is O=S(=O)(CCc1ccccc1)Nc1ccc(N2CCc3ccccc32)nc1. The first kappa shape index (κ1) is 17.5. The van der Waals surface area contributed by atoms with Crippen molar-refractivity contribution in [3.63, 3.8) is 0 Å². The van der Waals surface area contributed by atoms with Gasteiger partial charge in [-0.15, -0.1) is 0 Å². The molecule has 1 aromatic heterocycles. The van der Waals surface area contributed by atoms with Gasteiger partial charge < -0.3 is 4.90 Å². The number of benzene rings is 2. The van der Waals surface area contributed by atoms with Crippen molar-refractivity contribution < 1.29 is 8.42 Å². The normalized spacial score (nSPS) is 13.4. The zero-order valence-electron chi connectivity index (χ0n) is 14.9. The van der Waals surface area contributed by atoms with Crippen LogP contribution in [0.3, 0.4) is 0 Å². The van der Waals surface area contributed by atoms with Gasteiger partial charge in [0.1, 0.15) is 5.82 Å². The molecule has 0 bridgehead atoms. The molecule has 3 aromatic rings. The Morgan fingerprint density at radius 1 is 0.963 bits per heavy atom. The van der Waals surface area contributed by atoms with Gasteiger partial charge in [0.2, 0.25) is 10.0 Å². The number of pyridine rings is 1. The molecule has 0 spiro atoms. The van der Waals surface area contributed by atoms with E-state index in [1.807, 2.05) is 48.5 Å². The van der Waals surface area contributed by atoms with Crippen LogP contribution in [0.4, 0.5) is 17.2 Å². The second kappa shape index (κ2) is 7.40. The Morgan fingerprint density at radius 3 is 2.52 bits per heavy atom. The van der Waals surface area contributed by atoms with Gasteiger partial charge in [-0.3, -0.25) is 4.72 Å². The van der Waals surface area contributed by atoms with Crippen LogP contribution in [0.25, 0.3) is 0 Å². The van der Waals surface area contributed by atoms with E-state index in [2.05, 4.69) is 26.7 Å². The van der Waals surface area contributed by atoms with E-state index in [0.717, 1.165) is 24.3 Å². The van der Waals surface area contributed by atoms with Crippen molar-refractivity contribution in [2.45, 2.75) is 12.8 Å². The lowest BCUT2D eigenvalue weighted by Crippen LogP contribution is -2.19. The van der Waals surface area contributed by atoms with E-state index in [0.29, 0.717) is 12.1 Å². The fraction of sp³-hybridized carbons (Fsp3) is 0.190. The first-order valence-corrected chi connectivity index (χ1v) is 10.6. The molecule has 0 aliphatic carbocycles. The Morgan fingerprint density at radius 2 is 1.74 bits per heavy atom. The van der Waals surface area contributed by atoms with Gasteiger partial charge in [0.15, 0.2) is 0 Å². The predicted octanol–water partition coefficient (Wildman–Crippen LogP) is 3.76. The molecule has 0 radical (unpaired) electrons. The van der Waals surface area contributed by atoms with E-state index in [-0.39, 0.29) is 5.75 Å². The monoisotopic (exact) mass is 379 g/mol. The molecule has 0 saturated heterocycles. The topological polar surface area (TPSA) is 62.3 Å². The zero-order chi connectivity index (χ0) is 18.7. The summed E-state index contributed by atoms with van der Waals surface area (Å²) in [5.74, 6) is 0.866. The molecule has 0 atom stereocenters. The third kappa shape index (κ3) is 4.11. The van der Waals surface area contributed by atoms with Crippen LogP contribution < -0.4 is 9.62 Å². The summed E-state index contributed by atoms with van der Waals surface area (Å²) in [7, 11) is -3.42. The van der Waals surface area contributed by atoms with Crippen molar-refractivity contribution >= 4 is 27.2 Å². The van der Waals surface area contributed by atoms with Crippen LogP contribution in [-0.2, 0) is 22.9 Å². The molecular weight excluding hydrogens is 358 g/mol. The molecule has 2 heterocycles. The number of rotatable bonds is 6. The van der Waals surface area contributed by atoms with E-state index in [1.54, 1.807) is 12.3 Å². The third-order valence-corrected chi connectivity index (χ3v) is 5.98. The highest BCUT2D eigenvalue weighted by Crippen LogP contribution is 2.33. The van der Waals surface area contributed by atoms with Crippen molar-refractivity contribution in [1.82, 2.24) is 4.98 Å². The van der Waals surface area contributed by atoms with E-state index in [9.17, 15) is 8.42 Å². The summed E-state index contributed by atoms with van der Waals surface area (Å²) in [6, 6.07) is 21.5. The Hall–Kier alpha value is -2.86. The number of nitrogens with one attached hydrogen (secondary N) is 1. The minimum Gasteiger partial charge on any atom is -0.326 e. The van der Waals surface area contributed by atoms with E-state index in [4.69, 9.17) is 0 Å². The lowest BCUT2D eigenvalue weighted by Gasteiger charge is -2.18. The first-order valence-electron chi connectivity index (χ1n) is 8.97. The first-order chi connectivity index (χ1) is 13.1. The summed E-state index contributed by atoms with van der Waals surface area (Å²) in [6.07, 6.45) is 3.05. The maximum atomic E-state index is 12.3. The number of anilines is 3. The second-order valence-electron chi connectivity index (χ2n) is 6.59. The lowest BCUT2D eigenvalue weighted by molar-refractivity contribution is 0.600. The predicted molar refractivity (Wildman–Crippen MR) is 109 cm³/mol. The fourth-order valence-corrected chi connectivity index (χ4v) is 4.40. The number of aryl methyl sites for hydroxylation is 1. The summed E-state index contributed by atoms with van der Waals surface area (Å²) in [4.78, 5) is 6.62. The van der Waals surface area contributed by atoms with Gasteiger partial charge in [0.25, 0.3) is 0 Å². The number of para-hydroxylation sites is 1. The molecule has 2 aromatic carbocycles. The van der Waals surface area contributed by atoms with Gasteiger partial charge in [-0.25, -0.2) is 13.4 Å². The highest BCUT2D eigenvalue weighted by molar-refractivity contribution is 7.92. The maximum absolute atomic E-state index is 12.3. The van der Waals surface area contributed by atoms with Crippen LogP contribution in [0.2, 0.25) is 0 Å². The van der Waals surface area contributed by atoms with E-state index < -0.39 is 10.0 Å². The van der Waals surface area contributed by atoms with Crippen LogP contribution in [0.5, 0.6) is 0 Å². The molecule has 0 unspecified atom stereocenters. The highest BCUT2D eigenvalue weighted by atomic mass is 32.2. The van der Waals surface area contributed by atoms with E-state index >= 15 is 0 Å². The molecule has 0 amide bonds. The van der Waals surface area contributed by atoms with Crippen LogP contribution in [0.1, 0.15) is 11.1 Å². The Kier molecular flexibility index (Phi) is 4.81. The minimum absolute atomic E-state index is 0.0399. The average Bonchev–Trinajstić information content (AvgIpc) is 3.12. The largest absolute Gasteiger partial charge is 0.326 e. The van der Waals surface area contributed by atoms with Crippen LogP contribution in [0, 0.1) is 0 Å². The van der Waals surface area contributed by atoms with Gasteiger partial charge in [0.05, 0.1) is 17.6 Å². The molecule has 4 rings (SSSR count). The molecule has 6 heteroatoms. The smallest absolute Gasteiger partial charge is 0.233 e. The number of nitrogens with zero attached hydrogens (tertiary/aromatic N) is 2. The average molecular weight is 379 g/mol. The lowest BCUT2D eigenvalue weighted by atomic mass is 10.2. The number of hydrogen-bond acceptors (Lipinski definition) is 4. The molecule has 1 aliphatic rings. The molecule has 5 nitrogen and oxygen atoms in total. The van der Waals surface area contributed by atoms with Crippen LogP contribution in [-0.4, -0.2) is 25.7 Å². The van der Waals surface area contributed by atoms with Crippen molar-refractivity contribution in [2.24, 2.45) is 0 Å². The molecule has 0 fully saturated rings. The highest BCUT2D eigenvalue weighted by Gasteiger charge is 2.20. The number of hydrogen-bond donors (Lipinski definition) is 1. The van der Waals surface area contributed by atoms with Crippen LogP contribution in [0.15, 0.2) is 72.9 Å².